The summed E-state index contributed by atoms with van der Waals surface area (Å²) in [6.07, 6.45) is 0. The van der Waals surface area contributed by atoms with Gasteiger partial charge in [0.05, 0.1) is 22.6 Å². The normalized spacial score (nSPS) is 11.9. The van der Waals surface area contributed by atoms with E-state index >= 15 is 0 Å². The fraction of sp³-hybridized carbons (Fsp3) is 0. The Morgan fingerprint density at radius 1 is 0.226 bits per heavy atom. The van der Waals surface area contributed by atoms with Crippen LogP contribution in [0, 0.1) is 0 Å². The summed E-state index contributed by atoms with van der Waals surface area (Å²) in [5.41, 5.74) is 9.59. The Hall–Kier alpha value is -8.20. The number of rotatable bonds is 4. The summed E-state index contributed by atoms with van der Waals surface area (Å²) in [5.74, 6) is 0. The van der Waals surface area contributed by atoms with Gasteiger partial charge in [0.25, 0.3) is 0 Å². The molecule has 0 atom stereocenters. The van der Waals surface area contributed by atoms with E-state index in [0.717, 1.165) is 38.9 Å². The Kier molecular flexibility index (Phi) is 7.64. The molecule has 2 heterocycles. The predicted molar refractivity (Wildman–Crippen MR) is 264 cm³/mol. The van der Waals surface area contributed by atoms with Gasteiger partial charge in [0.15, 0.2) is 0 Å². The Labute approximate surface area is 358 Å². The van der Waals surface area contributed by atoms with E-state index < -0.39 is 0 Å². The molecule has 62 heavy (non-hydrogen) atoms. The standard InChI is InChI=1S/C60H36N2/c1-6-19-44-37(14-1)28-29-38-31-33-57(62-60(38)44)56-27-13-26-55(61-56)41-30-32-51-54(36-41)59(53-35-40-16-3-5-18-43(40)46-21-8-10-23-48(46)53)50-25-12-11-24-49(50)58(51)52-34-39-15-2-4-17-42(39)45-20-7-9-22-47(45)52/h1-36H. The van der Waals surface area contributed by atoms with Gasteiger partial charge in [-0.2, -0.15) is 0 Å². The maximum atomic E-state index is 5.36. The molecule has 0 aliphatic rings. The van der Waals surface area contributed by atoms with E-state index in [0.29, 0.717) is 0 Å². The number of benzene rings is 11. The molecule has 0 unspecified atom stereocenters. The topological polar surface area (TPSA) is 25.8 Å². The molecule has 0 saturated heterocycles. The van der Waals surface area contributed by atoms with Gasteiger partial charge in [-0.1, -0.05) is 182 Å². The van der Waals surface area contributed by atoms with E-state index in [2.05, 4.69) is 218 Å². The maximum absolute atomic E-state index is 5.36. The minimum atomic E-state index is 0.847. The lowest BCUT2D eigenvalue weighted by molar-refractivity contribution is 1.28. The molecule has 2 aromatic heterocycles. The van der Waals surface area contributed by atoms with Crippen LogP contribution in [0.2, 0.25) is 0 Å². The van der Waals surface area contributed by atoms with Gasteiger partial charge in [0.2, 0.25) is 0 Å². The molecule has 2 nitrogen and oxygen atoms in total. The minimum absolute atomic E-state index is 0.847. The van der Waals surface area contributed by atoms with Gasteiger partial charge in [-0.05, 0) is 129 Å². The third-order valence-corrected chi connectivity index (χ3v) is 13.0. The van der Waals surface area contributed by atoms with Gasteiger partial charge in [-0.25, -0.2) is 9.97 Å². The van der Waals surface area contributed by atoms with E-state index in [9.17, 15) is 0 Å². The second-order valence-electron chi connectivity index (χ2n) is 16.4. The highest BCUT2D eigenvalue weighted by molar-refractivity contribution is 6.28. The highest BCUT2D eigenvalue weighted by atomic mass is 14.8. The van der Waals surface area contributed by atoms with Gasteiger partial charge in [-0.15, -0.1) is 0 Å². The van der Waals surface area contributed by atoms with Crippen LogP contribution in [0.25, 0.3) is 131 Å². The monoisotopic (exact) mass is 784 g/mol. The zero-order valence-electron chi connectivity index (χ0n) is 33.7. The van der Waals surface area contributed by atoms with Crippen LogP contribution in [-0.2, 0) is 0 Å². The van der Waals surface area contributed by atoms with Crippen LogP contribution < -0.4 is 0 Å². The molecule has 0 amide bonds. The van der Waals surface area contributed by atoms with Crippen LogP contribution >= 0.6 is 0 Å². The lowest BCUT2D eigenvalue weighted by atomic mass is 9.82. The van der Waals surface area contributed by atoms with Crippen LogP contribution in [0.3, 0.4) is 0 Å². The average Bonchev–Trinajstić information content (AvgIpc) is 3.35. The maximum Gasteiger partial charge on any atom is 0.0894 e. The molecule has 0 aliphatic heterocycles. The van der Waals surface area contributed by atoms with Gasteiger partial charge in [0, 0.05) is 16.3 Å². The second kappa shape index (κ2) is 13.7. The number of hydrogen-bond donors (Lipinski definition) is 0. The summed E-state index contributed by atoms with van der Waals surface area (Å²) >= 11 is 0. The number of pyridine rings is 2. The largest absolute Gasteiger partial charge is 0.246 e. The number of aromatic nitrogens is 2. The molecule has 0 N–H and O–H groups in total. The molecular weight excluding hydrogens is 749 g/mol. The molecule has 0 saturated carbocycles. The lowest BCUT2D eigenvalue weighted by Gasteiger charge is -2.21. The van der Waals surface area contributed by atoms with Crippen LogP contribution in [-0.4, -0.2) is 9.97 Å². The third kappa shape index (κ3) is 5.30. The summed E-state index contributed by atoms with van der Waals surface area (Å²) in [7, 11) is 0. The van der Waals surface area contributed by atoms with Crippen molar-refractivity contribution >= 4 is 86.3 Å². The molecule has 11 aromatic carbocycles. The van der Waals surface area contributed by atoms with Crippen molar-refractivity contribution in [2.45, 2.75) is 0 Å². The van der Waals surface area contributed by atoms with E-state index in [1.165, 1.54) is 92.3 Å². The zero-order valence-corrected chi connectivity index (χ0v) is 33.7. The molecule has 286 valence electrons. The van der Waals surface area contributed by atoms with Crippen molar-refractivity contribution < 1.29 is 0 Å². The van der Waals surface area contributed by atoms with Crippen molar-refractivity contribution in [3.05, 3.63) is 218 Å². The quantitative estimate of drug-likeness (QED) is 0.131. The van der Waals surface area contributed by atoms with E-state index in [1.54, 1.807) is 0 Å². The van der Waals surface area contributed by atoms with Gasteiger partial charge in [-0.3, -0.25) is 0 Å². The summed E-state index contributed by atoms with van der Waals surface area (Å²) in [6, 6.07) is 79.5. The highest BCUT2D eigenvalue weighted by Crippen LogP contribution is 2.49. The fourth-order valence-corrected chi connectivity index (χ4v) is 10.2. The molecule has 2 heteroatoms. The highest BCUT2D eigenvalue weighted by Gasteiger charge is 2.22. The first-order valence-electron chi connectivity index (χ1n) is 21.3. The smallest absolute Gasteiger partial charge is 0.0894 e. The fourth-order valence-electron chi connectivity index (χ4n) is 10.2. The Bertz CT molecular complexity index is 3990. The average molecular weight is 785 g/mol. The summed E-state index contributed by atoms with van der Waals surface area (Å²) in [4.78, 5) is 10.6. The van der Waals surface area contributed by atoms with E-state index in [4.69, 9.17) is 9.97 Å². The van der Waals surface area contributed by atoms with Crippen molar-refractivity contribution in [3.8, 4) is 44.9 Å². The third-order valence-electron chi connectivity index (χ3n) is 13.0. The van der Waals surface area contributed by atoms with Gasteiger partial charge >= 0.3 is 0 Å². The minimum Gasteiger partial charge on any atom is -0.246 e. The number of hydrogen-bond acceptors (Lipinski definition) is 2. The van der Waals surface area contributed by atoms with Crippen molar-refractivity contribution in [2.24, 2.45) is 0 Å². The van der Waals surface area contributed by atoms with Crippen LogP contribution in [0.1, 0.15) is 0 Å². The summed E-state index contributed by atoms with van der Waals surface area (Å²) in [5, 5.41) is 18.3. The zero-order chi connectivity index (χ0) is 40.7. The van der Waals surface area contributed by atoms with Crippen molar-refractivity contribution in [1.29, 1.82) is 0 Å². The lowest BCUT2D eigenvalue weighted by Crippen LogP contribution is -1.95. The second-order valence-corrected chi connectivity index (χ2v) is 16.4. The van der Waals surface area contributed by atoms with Crippen LogP contribution in [0.4, 0.5) is 0 Å². The van der Waals surface area contributed by atoms with Crippen molar-refractivity contribution in [2.75, 3.05) is 0 Å². The summed E-state index contributed by atoms with van der Waals surface area (Å²) in [6.45, 7) is 0. The number of nitrogens with zero attached hydrogens (tertiary/aromatic N) is 2. The molecule has 13 rings (SSSR count). The predicted octanol–water partition coefficient (Wildman–Crippen LogP) is 16.4. The molecule has 0 bridgehead atoms. The molecular formula is C60H36N2. The van der Waals surface area contributed by atoms with Crippen molar-refractivity contribution in [1.82, 2.24) is 9.97 Å². The van der Waals surface area contributed by atoms with Gasteiger partial charge in [0.1, 0.15) is 0 Å². The molecule has 0 radical (unpaired) electrons. The molecule has 0 spiro atoms. The van der Waals surface area contributed by atoms with Crippen molar-refractivity contribution in [3.63, 3.8) is 0 Å². The molecule has 0 aliphatic carbocycles. The van der Waals surface area contributed by atoms with Crippen LogP contribution in [0.15, 0.2) is 218 Å². The SMILES string of the molecule is c1cc(-c2ccc3c(-c4cc5ccccc5c5ccccc45)c4ccccc4c(-c4cc5ccccc5c5ccccc45)c3c2)nc(-c2ccc3ccc4ccccc4c3n2)c1. The van der Waals surface area contributed by atoms with E-state index in [-0.39, 0.29) is 0 Å². The van der Waals surface area contributed by atoms with Crippen LogP contribution in [0.5, 0.6) is 0 Å². The Balaban J connectivity index is 1.12. The Morgan fingerprint density at radius 3 is 1.32 bits per heavy atom. The van der Waals surface area contributed by atoms with E-state index in [1.807, 2.05) is 0 Å². The number of fused-ring (bicyclic) bond motifs is 11. The Morgan fingerprint density at radius 2 is 0.677 bits per heavy atom. The summed E-state index contributed by atoms with van der Waals surface area (Å²) < 4.78 is 0. The first-order valence-corrected chi connectivity index (χ1v) is 21.3. The first-order chi connectivity index (χ1) is 30.7. The molecule has 13 aromatic rings. The van der Waals surface area contributed by atoms with Gasteiger partial charge < -0.3 is 0 Å². The first kappa shape index (κ1) is 34.6. The molecule has 0 fully saturated rings.